The zero-order valence-electron chi connectivity index (χ0n) is 23.6. The van der Waals surface area contributed by atoms with E-state index in [1.165, 1.54) is 21.9 Å². The van der Waals surface area contributed by atoms with Crippen LogP contribution in [0.15, 0.2) is 164 Å². The lowest BCUT2D eigenvalue weighted by Crippen LogP contribution is -2.46. The van der Waals surface area contributed by atoms with E-state index in [0.29, 0.717) is 0 Å². The first-order chi connectivity index (χ1) is 20.2. The summed E-state index contributed by atoms with van der Waals surface area (Å²) in [4.78, 5) is 4.39. The maximum absolute atomic E-state index is 6.12. The Morgan fingerprint density at radius 1 is 0.659 bits per heavy atom. The van der Waals surface area contributed by atoms with Crippen LogP contribution in [-0.2, 0) is 11.6 Å². The molecule has 4 heteroatoms. The first-order valence-electron chi connectivity index (χ1n) is 14.2. The van der Waals surface area contributed by atoms with Crippen molar-refractivity contribution in [2.24, 2.45) is 0 Å². The van der Waals surface area contributed by atoms with E-state index >= 15 is 0 Å². The molecule has 1 heterocycles. The van der Waals surface area contributed by atoms with Crippen LogP contribution >= 0.6 is 0 Å². The van der Waals surface area contributed by atoms with Crippen LogP contribution in [-0.4, -0.2) is 26.9 Å². The molecule has 6 rings (SSSR count). The minimum Gasteiger partial charge on any atom is -0.326 e. The fourth-order valence-corrected chi connectivity index (χ4v) is 7.69. The van der Waals surface area contributed by atoms with Crippen LogP contribution in [0.5, 0.6) is 0 Å². The molecule has 0 atom stereocenters. The topological polar surface area (TPSA) is 17.8 Å². The lowest BCUT2D eigenvalue weighted by atomic mass is 9.76. The van der Waals surface area contributed by atoms with Gasteiger partial charge in [0, 0.05) is 12.4 Å². The van der Waals surface area contributed by atoms with E-state index in [1.54, 1.807) is 0 Å². The molecule has 1 aromatic heterocycles. The Morgan fingerprint density at radius 3 is 1.54 bits per heavy atom. The zero-order valence-corrected chi connectivity index (χ0v) is 25.0. The van der Waals surface area contributed by atoms with Gasteiger partial charge in [-0.05, 0) is 40.1 Å². The predicted octanol–water partition coefficient (Wildman–Crippen LogP) is 6.63. The quantitative estimate of drug-likeness (QED) is 0.196. The normalized spacial score (nSPS) is 11.4. The highest BCUT2D eigenvalue weighted by molar-refractivity contribution is 6.57. The summed E-state index contributed by atoms with van der Waals surface area (Å²) in [5.41, 5.74) is 6.33. The summed E-state index contributed by atoms with van der Waals surface area (Å²) in [6, 6.07) is 51.2. The van der Waals surface area contributed by atoms with Gasteiger partial charge in [0.15, 0.2) is 0 Å². The van der Waals surface area contributed by atoms with Gasteiger partial charge in [-0.15, -0.1) is 0 Å². The highest BCUT2D eigenvalue weighted by atomic mass is 28.2. The fourth-order valence-electron chi connectivity index (χ4n) is 5.37. The molecule has 2 radical (unpaired) electrons. The molecular weight excluding hydrogens is 511 g/mol. The van der Waals surface area contributed by atoms with Crippen LogP contribution in [0.3, 0.4) is 0 Å². The lowest BCUT2D eigenvalue weighted by molar-refractivity contribution is 0.596. The van der Waals surface area contributed by atoms with Gasteiger partial charge in [-0.1, -0.05) is 158 Å². The van der Waals surface area contributed by atoms with Crippen LogP contribution in [0.4, 0.5) is 0 Å². The standard InChI is InChI=1S/C24H24N2Si.C13H11B/c1-2-20-13-15-23(16-14-20)27-24(26-18-17-25-19-26,21-9-5-3-6-10-21)22-11-7-4-8-12-22;14-13(11-7-3-1-4-8-11)12-9-5-2-6-10-12/h3-19H,2,27H2,1H3;1-10,13H. The molecule has 0 amide bonds. The Morgan fingerprint density at radius 2 is 1.12 bits per heavy atom. The van der Waals surface area contributed by atoms with Gasteiger partial charge in [0.2, 0.25) is 0 Å². The average Bonchev–Trinajstić information content (AvgIpc) is 3.61. The Labute approximate surface area is 248 Å². The molecule has 0 saturated heterocycles. The summed E-state index contributed by atoms with van der Waals surface area (Å²) in [7, 11) is 5.35. The molecule has 0 aliphatic carbocycles. The molecule has 41 heavy (non-hydrogen) atoms. The number of rotatable bonds is 8. The summed E-state index contributed by atoms with van der Waals surface area (Å²) in [6.07, 6.45) is 7.03. The van der Waals surface area contributed by atoms with E-state index in [0.717, 1.165) is 17.5 Å². The maximum atomic E-state index is 6.12. The van der Waals surface area contributed by atoms with Gasteiger partial charge in [-0.2, -0.15) is 0 Å². The molecule has 200 valence electrons. The van der Waals surface area contributed by atoms with Gasteiger partial charge in [-0.25, -0.2) is 4.98 Å². The van der Waals surface area contributed by atoms with E-state index < -0.39 is 9.52 Å². The van der Waals surface area contributed by atoms with E-state index in [1.807, 2.05) is 48.9 Å². The van der Waals surface area contributed by atoms with Crippen LogP contribution in [0.25, 0.3) is 0 Å². The summed E-state index contributed by atoms with van der Waals surface area (Å²) in [5, 5.41) is 1.25. The molecule has 0 bridgehead atoms. The lowest BCUT2D eigenvalue weighted by Gasteiger charge is -2.37. The number of hydrogen-bond acceptors (Lipinski definition) is 1. The Bertz CT molecular complexity index is 1490. The molecule has 0 aliphatic rings. The molecule has 2 nitrogen and oxygen atoms in total. The Kier molecular flexibility index (Phi) is 9.46. The van der Waals surface area contributed by atoms with Gasteiger partial charge >= 0.3 is 0 Å². The molecule has 0 aliphatic heterocycles. The first kappa shape index (κ1) is 28.1. The van der Waals surface area contributed by atoms with Gasteiger partial charge in [0.25, 0.3) is 0 Å². The third-order valence-corrected chi connectivity index (χ3v) is 10.2. The number of nitrogens with zero attached hydrogens (tertiary/aromatic N) is 2. The van der Waals surface area contributed by atoms with Crippen molar-refractivity contribution in [2.45, 2.75) is 24.3 Å². The third kappa shape index (κ3) is 6.67. The van der Waals surface area contributed by atoms with Crippen molar-refractivity contribution in [1.29, 1.82) is 0 Å². The van der Waals surface area contributed by atoms with Gasteiger partial charge in [0.1, 0.15) is 0 Å². The monoisotopic (exact) mass is 546 g/mol. The second-order valence-corrected chi connectivity index (χ2v) is 12.4. The zero-order chi connectivity index (χ0) is 28.3. The van der Waals surface area contributed by atoms with Gasteiger partial charge < -0.3 is 4.57 Å². The Hall–Kier alpha value is -4.41. The van der Waals surface area contributed by atoms with Crippen molar-refractivity contribution in [2.75, 3.05) is 0 Å². The van der Waals surface area contributed by atoms with E-state index in [4.69, 9.17) is 7.85 Å². The predicted molar refractivity (Wildman–Crippen MR) is 176 cm³/mol. The van der Waals surface area contributed by atoms with Crippen molar-refractivity contribution in [1.82, 2.24) is 9.55 Å². The van der Waals surface area contributed by atoms with Gasteiger partial charge in [0.05, 0.1) is 28.9 Å². The van der Waals surface area contributed by atoms with Crippen molar-refractivity contribution in [3.05, 3.63) is 192 Å². The maximum Gasteiger partial charge on any atom is 0.0965 e. The number of aryl methyl sites for hydroxylation is 1. The smallest absolute Gasteiger partial charge is 0.0965 e. The average molecular weight is 547 g/mol. The van der Waals surface area contributed by atoms with Crippen LogP contribution < -0.4 is 5.19 Å². The summed E-state index contributed by atoms with van der Waals surface area (Å²) < 4.78 is 2.30. The van der Waals surface area contributed by atoms with Crippen molar-refractivity contribution in [3.63, 3.8) is 0 Å². The van der Waals surface area contributed by atoms with E-state index in [-0.39, 0.29) is 11.0 Å². The molecule has 5 aromatic carbocycles. The molecule has 0 fully saturated rings. The highest BCUT2D eigenvalue weighted by Gasteiger charge is 2.36. The number of aromatic nitrogens is 2. The van der Waals surface area contributed by atoms with Crippen LogP contribution in [0.2, 0.25) is 0 Å². The van der Waals surface area contributed by atoms with E-state index in [2.05, 4.69) is 132 Å². The molecule has 0 spiro atoms. The summed E-state index contributed by atoms with van der Waals surface area (Å²) >= 11 is 0. The molecule has 0 unspecified atom stereocenters. The number of hydrogen-bond donors (Lipinski definition) is 0. The van der Waals surface area contributed by atoms with E-state index in [9.17, 15) is 0 Å². The molecule has 6 aromatic rings. The SMILES string of the molecule is CCc1ccc([SiH2]C(c2ccccc2)(c2ccccc2)n2ccnc2)cc1.[B]C(c1ccccc1)c1ccccc1. The van der Waals surface area contributed by atoms with Crippen LogP contribution in [0, 0.1) is 0 Å². The largest absolute Gasteiger partial charge is 0.326 e. The fraction of sp³-hybridized carbons (Fsp3) is 0.108. The second kappa shape index (κ2) is 13.8. The first-order valence-corrected chi connectivity index (χ1v) is 15.6. The summed E-state index contributed by atoms with van der Waals surface area (Å²) in [5.74, 6) is -0.0163. The highest BCUT2D eigenvalue weighted by Crippen LogP contribution is 2.33. The minimum atomic E-state index is -0.770. The van der Waals surface area contributed by atoms with Crippen molar-refractivity contribution >= 4 is 22.6 Å². The number of imidazole rings is 1. The number of benzene rings is 5. The van der Waals surface area contributed by atoms with Crippen molar-refractivity contribution < 1.29 is 0 Å². The molecule has 0 N–H and O–H groups in total. The van der Waals surface area contributed by atoms with Crippen LogP contribution in [0.1, 0.15) is 40.6 Å². The molecule has 0 saturated carbocycles. The van der Waals surface area contributed by atoms with Crippen molar-refractivity contribution in [3.8, 4) is 0 Å². The third-order valence-electron chi connectivity index (χ3n) is 7.66. The molecular formula is C37H35BN2Si. The second-order valence-electron chi connectivity index (χ2n) is 10.2. The Balaban J connectivity index is 0.000000202. The summed E-state index contributed by atoms with van der Waals surface area (Å²) in [6.45, 7) is 2.20. The minimum absolute atomic E-state index is 0.0163. The van der Waals surface area contributed by atoms with Gasteiger partial charge in [-0.3, -0.25) is 0 Å².